The van der Waals surface area contributed by atoms with Crippen LogP contribution in [0.3, 0.4) is 0 Å². The van der Waals surface area contributed by atoms with E-state index >= 15 is 0 Å². The molecule has 5 heteroatoms. The van der Waals surface area contributed by atoms with Crippen molar-refractivity contribution in [3.63, 3.8) is 0 Å². The van der Waals surface area contributed by atoms with Crippen molar-refractivity contribution >= 4 is 0 Å². The monoisotopic (exact) mass is 321 g/mol. The number of benzene rings is 1. The van der Waals surface area contributed by atoms with E-state index in [1.807, 2.05) is 32.0 Å². The van der Waals surface area contributed by atoms with Gasteiger partial charge in [0.1, 0.15) is 6.23 Å². The first-order valence-corrected chi connectivity index (χ1v) is 8.50. The number of nitrogens with one attached hydrogen (secondary N) is 1. The molecule has 2 aliphatic rings. The lowest BCUT2D eigenvalue weighted by atomic mass is 10.0. The van der Waals surface area contributed by atoms with Crippen molar-refractivity contribution in [1.29, 1.82) is 0 Å². The van der Waals surface area contributed by atoms with Gasteiger partial charge < -0.3 is 19.3 Å². The molecule has 0 spiro atoms. The Balaban J connectivity index is 1.53. The lowest BCUT2D eigenvalue weighted by Gasteiger charge is -2.28. The Kier molecular flexibility index (Phi) is 5.67. The molecule has 0 saturated carbocycles. The molecule has 128 valence electrons. The zero-order valence-corrected chi connectivity index (χ0v) is 13.9. The molecule has 0 radical (unpaired) electrons. The number of hydrogen-bond donors (Lipinski definition) is 2. The maximum Gasteiger partial charge on any atom is 0.163 e. The number of hydrogen-bond acceptors (Lipinski definition) is 5. The lowest BCUT2D eigenvalue weighted by Crippen LogP contribution is -2.47. The smallest absolute Gasteiger partial charge is 0.163 e. The topological polar surface area (TPSA) is 60.0 Å². The largest absolute Gasteiger partial charge is 0.392 e. The number of rotatable bonds is 7. The fourth-order valence-electron chi connectivity index (χ4n) is 3.41. The second-order valence-electron chi connectivity index (χ2n) is 6.55. The molecule has 0 aromatic heterocycles. The van der Waals surface area contributed by atoms with Crippen LogP contribution in [0.5, 0.6) is 0 Å². The van der Waals surface area contributed by atoms with E-state index in [0.29, 0.717) is 12.5 Å². The zero-order chi connectivity index (χ0) is 16.2. The normalized spacial score (nSPS) is 30.8. The van der Waals surface area contributed by atoms with Crippen LogP contribution in [0, 0.1) is 5.92 Å². The Hall–Kier alpha value is -0.980. The van der Waals surface area contributed by atoms with Crippen molar-refractivity contribution in [1.82, 2.24) is 5.32 Å². The summed E-state index contributed by atoms with van der Waals surface area (Å²) in [5, 5.41) is 13.5. The van der Waals surface area contributed by atoms with Gasteiger partial charge in [0.2, 0.25) is 0 Å². The summed E-state index contributed by atoms with van der Waals surface area (Å²) in [4.78, 5) is 0. The summed E-state index contributed by atoms with van der Waals surface area (Å²) in [5.41, 5.74) is 1.20. The molecule has 3 rings (SSSR count). The van der Waals surface area contributed by atoms with Crippen LogP contribution >= 0.6 is 0 Å². The number of fused-ring (bicyclic) bond motifs is 1. The van der Waals surface area contributed by atoms with E-state index in [-0.39, 0.29) is 24.7 Å². The SMILES string of the molecule is CC(N[C@@H](Cc1ccccc1)[C@@H](C)O)O[C@H]1CO[C@H]2OCC[C@H]21. The van der Waals surface area contributed by atoms with Crippen LogP contribution in [0.1, 0.15) is 25.8 Å². The van der Waals surface area contributed by atoms with E-state index in [1.165, 1.54) is 5.56 Å². The highest BCUT2D eigenvalue weighted by atomic mass is 16.7. The van der Waals surface area contributed by atoms with Crippen LogP contribution in [0.15, 0.2) is 30.3 Å². The summed E-state index contributed by atoms with van der Waals surface area (Å²) >= 11 is 0. The molecular formula is C18H27NO4. The van der Waals surface area contributed by atoms with Crippen molar-refractivity contribution < 1.29 is 19.3 Å². The third kappa shape index (κ3) is 4.31. The second kappa shape index (κ2) is 7.73. The average molecular weight is 321 g/mol. The zero-order valence-electron chi connectivity index (χ0n) is 13.9. The van der Waals surface area contributed by atoms with E-state index in [0.717, 1.165) is 19.4 Å². The molecule has 2 aliphatic heterocycles. The van der Waals surface area contributed by atoms with Crippen molar-refractivity contribution in [3.05, 3.63) is 35.9 Å². The Morgan fingerprint density at radius 3 is 2.78 bits per heavy atom. The summed E-state index contributed by atoms with van der Waals surface area (Å²) in [6, 6.07) is 10.1. The molecular weight excluding hydrogens is 294 g/mol. The third-order valence-electron chi connectivity index (χ3n) is 4.69. The maximum atomic E-state index is 10.1. The van der Waals surface area contributed by atoms with Gasteiger partial charge in [0.05, 0.1) is 25.4 Å². The van der Waals surface area contributed by atoms with Crippen LogP contribution < -0.4 is 5.32 Å². The van der Waals surface area contributed by atoms with Gasteiger partial charge in [0.25, 0.3) is 0 Å². The Morgan fingerprint density at radius 1 is 1.26 bits per heavy atom. The number of aliphatic hydroxyl groups excluding tert-OH is 1. The summed E-state index contributed by atoms with van der Waals surface area (Å²) in [5.74, 6) is 0.332. The molecule has 6 atom stereocenters. The van der Waals surface area contributed by atoms with Gasteiger partial charge in [-0.2, -0.15) is 0 Å². The fourth-order valence-corrected chi connectivity index (χ4v) is 3.41. The van der Waals surface area contributed by atoms with Gasteiger partial charge >= 0.3 is 0 Å². The summed E-state index contributed by atoms with van der Waals surface area (Å²) < 4.78 is 17.3. The van der Waals surface area contributed by atoms with Crippen LogP contribution in [0.4, 0.5) is 0 Å². The first-order valence-electron chi connectivity index (χ1n) is 8.50. The first kappa shape index (κ1) is 16.9. The van der Waals surface area contributed by atoms with Gasteiger partial charge in [-0.3, -0.25) is 5.32 Å². The van der Waals surface area contributed by atoms with Crippen molar-refractivity contribution in [2.24, 2.45) is 5.92 Å². The molecule has 23 heavy (non-hydrogen) atoms. The minimum absolute atomic E-state index is 0.0506. The van der Waals surface area contributed by atoms with Gasteiger partial charge in [0.15, 0.2) is 6.29 Å². The van der Waals surface area contributed by atoms with Crippen LogP contribution in [-0.4, -0.2) is 49.1 Å². The molecule has 2 saturated heterocycles. The molecule has 0 aliphatic carbocycles. The summed E-state index contributed by atoms with van der Waals surface area (Å²) in [6.07, 6.45) is 1.13. The third-order valence-corrected chi connectivity index (χ3v) is 4.69. The van der Waals surface area contributed by atoms with Crippen molar-refractivity contribution in [2.75, 3.05) is 13.2 Å². The van der Waals surface area contributed by atoms with E-state index < -0.39 is 6.10 Å². The molecule has 1 unspecified atom stereocenters. The van der Waals surface area contributed by atoms with Gasteiger partial charge in [-0.05, 0) is 32.3 Å². The molecule has 2 N–H and O–H groups in total. The minimum Gasteiger partial charge on any atom is -0.392 e. The highest BCUT2D eigenvalue weighted by Gasteiger charge is 2.43. The van der Waals surface area contributed by atoms with Gasteiger partial charge in [-0.15, -0.1) is 0 Å². The molecule has 0 amide bonds. The molecule has 0 bridgehead atoms. The number of ether oxygens (including phenoxy) is 3. The molecule has 1 aromatic rings. The van der Waals surface area contributed by atoms with E-state index in [1.54, 1.807) is 0 Å². The van der Waals surface area contributed by atoms with Crippen molar-refractivity contribution in [3.8, 4) is 0 Å². The molecule has 2 fully saturated rings. The van der Waals surface area contributed by atoms with Crippen LogP contribution in [-0.2, 0) is 20.6 Å². The Bertz CT molecular complexity index is 481. The summed E-state index contributed by atoms with van der Waals surface area (Å²) in [7, 11) is 0. The van der Waals surface area contributed by atoms with Gasteiger partial charge in [-0.25, -0.2) is 0 Å². The van der Waals surface area contributed by atoms with Gasteiger partial charge in [0, 0.05) is 12.0 Å². The average Bonchev–Trinajstić information content (AvgIpc) is 3.13. The fraction of sp³-hybridized carbons (Fsp3) is 0.667. The highest BCUT2D eigenvalue weighted by Crippen LogP contribution is 2.33. The molecule has 5 nitrogen and oxygen atoms in total. The predicted octanol–water partition coefficient (Wildman–Crippen LogP) is 1.69. The van der Waals surface area contributed by atoms with E-state index in [4.69, 9.17) is 14.2 Å². The summed E-state index contributed by atoms with van der Waals surface area (Å²) in [6.45, 7) is 5.14. The van der Waals surface area contributed by atoms with Crippen LogP contribution in [0.25, 0.3) is 0 Å². The lowest BCUT2D eigenvalue weighted by molar-refractivity contribution is -0.0915. The molecule has 1 aromatic carbocycles. The highest BCUT2D eigenvalue weighted by molar-refractivity contribution is 5.16. The number of aliphatic hydroxyl groups is 1. The second-order valence-corrected chi connectivity index (χ2v) is 6.55. The van der Waals surface area contributed by atoms with Gasteiger partial charge in [-0.1, -0.05) is 30.3 Å². The molecule has 2 heterocycles. The standard InChI is InChI=1S/C18H27NO4/c1-12(20)16(10-14-6-4-3-5-7-14)19-13(2)23-17-11-22-18-15(17)8-9-21-18/h3-7,12-13,15-20H,8-11H2,1-2H3/t12-,13?,15+,16+,17+,18-/m1/s1. The Morgan fingerprint density at radius 2 is 2.04 bits per heavy atom. The predicted molar refractivity (Wildman–Crippen MR) is 86.9 cm³/mol. The minimum atomic E-state index is -0.455. The van der Waals surface area contributed by atoms with Crippen molar-refractivity contribution in [2.45, 2.75) is 57.5 Å². The quantitative estimate of drug-likeness (QED) is 0.749. The van der Waals surface area contributed by atoms with Crippen LogP contribution in [0.2, 0.25) is 0 Å². The first-order chi connectivity index (χ1) is 11.1. The Labute approximate surface area is 137 Å². The van der Waals surface area contributed by atoms with E-state index in [2.05, 4.69) is 17.4 Å². The van der Waals surface area contributed by atoms with E-state index in [9.17, 15) is 5.11 Å². The maximum absolute atomic E-state index is 10.1.